The van der Waals surface area contributed by atoms with Crippen LogP contribution in [0, 0.1) is 0 Å². The van der Waals surface area contributed by atoms with Gasteiger partial charge in [-0.25, -0.2) is 4.79 Å². The molecule has 7 nitrogen and oxygen atoms in total. The van der Waals surface area contributed by atoms with Crippen molar-refractivity contribution in [2.75, 3.05) is 7.11 Å². The Morgan fingerprint density at radius 1 is 0.929 bits per heavy atom. The number of hydrogen-bond acceptors (Lipinski definition) is 6. The van der Waals surface area contributed by atoms with Gasteiger partial charge < -0.3 is 9.47 Å². The van der Waals surface area contributed by atoms with Gasteiger partial charge >= 0.3 is 12.0 Å². The van der Waals surface area contributed by atoms with Crippen LogP contribution in [-0.2, 0) is 4.74 Å². The third-order valence-electron chi connectivity index (χ3n) is 4.13. The fourth-order valence-corrected chi connectivity index (χ4v) is 2.81. The van der Waals surface area contributed by atoms with Crippen molar-refractivity contribution < 1.29 is 14.3 Å². The van der Waals surface area contributed by atoms with Crippen molar-refractivity contribution >= 4 is 5.97 Å². The largest absolute Gasteiger partial charge is 0.465 e. The van der Waals surface area contributed by atoms with Crippen LogP contribution in [0.5, 0.6) is 11.8 Å². The second-order valence-corrected chi connectivity index (χ2v) is 5.88. The summed E-state index contributed by atoms with van der Waals surface area (Å²) in [6.45, 7) is 0. The van der Waals surface area contributed by atoms with Crippen LogP contribution >= 0.6 is 0 Å². The summed E-state index contributed by atoms with van der Waals surface area (Å²) < 4.78 is 12.3. The van der Waals surface area contributed by atoms with Gasteiger partial charge in [0, 0.05) is 0 Å². The molecule has 0 unspecified atom stereocenters. The Hall–Kier alpha value is -4.00. The molecule has 0 amide bonds. The van der Waals surface area contributed by atoms with Crippen molar-refractivity contribution in [3.8, 4) is 28.6 Å². The van der Waals surface area contributed by atoms with E-state index in [9.17, 15) is 4.79 Å². The lowest BCUT2D eigenvalue weighted by atomic mass is 9.99. The summed E-state index contributed by atoms with van der Waals surface area (Å²) in [6, 6.07) is 24.4. The van der Waals surface area contributed by atoms with Crippen LogP contribution in [0.25, 0.3) is 16.8 Å². The fourth-order valence-electron chi connectivity index (χ4n) is 2.81. The van der Waals surface area contributed by atoms with Crippen LogP contribution < -0.4 is 4.74 Å². The van der Waals surface area contributed by atoms with Crippen LogP contribution in [0.4, 0.5) is 0 Å². The molecule has 0 spiro atoms. The molecule has 0 saturated carbocycles. The number of tetrazole rings is 1. The van der Waals surface area contributed by atoms with E-state index in [1.807, 2.05) is 66.7 Å². The minimum absolute atomic E-state index is 0.189. The molecule has 0 radical (unpaired) electrons. The minimum atomic E-state index is -0.452. The lowest BCUT2D eigenvalue weighted by Crippen LogP contribution is -2.05. The van der Waals surface area contributed by atoms with Crippen molar-refractivity contribution in [2.24, 2.45) is 0 Å². The zero-order valence-electron chi connectivity index (χ0n) is 15.0. The average molecular weight is 372 g/mol. The third-order valence-corrected chi connectivity index (χ3v) is 4.13. The number of rotatable bonds is 5. The van der Waals surface area contributed by atoms with Gasteiger partial charge in [0.15, 0.2) is 0 Å². The van der Waals surface area contributed by atoms with Gasteiger partial charge in [-0.05, 0) is 51.9 Å². The highest BCUT2D eigenvalue weighted by Crippen LogP contribution is 2.30. The number of esters is 1. The highest BCUT2D eigenvalue weighted by molar-refractivity contribution is 5.97. The standard InChI is InChI=1S/C21H16N4O3/c1-27-20(26)19-14-17(12-13-18(19)15-8-4-2-5-9-15)28-21-22-23-24-25(21)16-10-6-3-7-11-16/h2-14H,1H3. The van der Waals surface area contributed by atoms with E-state index < -0.39 is 5.97 Å². The molecule has 4 aromatic rings. The summed E-state index contributed by atoms with van der Waals surface area (Å²) in [5.74, 6) is -0.0287. The molecule has 138 valence electrons. The van der Waals surface area contributed by atoms with Gasteiger partial charge in [-0.2, -0.15) is 4.68 Å². The lowest BCUT2D eigenvalue weighted by molar-refractivity contribution is 0.0601. The Labute approximate surface area is 161 Å². The van der Waals surface area contributed by atoms with Crippen LogP contribution in [0.1, 0.15) is 10.4 Å². The lowest BCUT2D eigenvalue weighted by Gasteiger charge is -2.11. The van der Waals surface area contributed by atoms with Crippen molar-refractivity contribution in [2.45, 2.75) is 0 Å². The smallest absolute Gasteiger partial charge is 0.345 e. The molecule has 3 aromatic carbocycles. The first-order valence-electron chi connectivity index (χ1n) is 8.55. The molecular formula is C21H16N4O3. The quantitative estimate of drug-likeness (QED) is 0.494. The summed E-state index contributed by atoms with van der Waals surface area (Å²) in [5, 5.41) is 11.6. The van der Waals surface area contributed by atoms with Crippen LogP contribution in [0.3, 0.4) is 0 Å². The van der Waals surface area contributed by atoms with E-state index in [-0.39, 0.29) is 6.01 Å². The molecule has 1 aromatic heterocycles. The number of aromatic nitrogens is 4. The van der Waals surface area contributed by atoms with E-state index in [0.29, 0.717) is 11.3 Å². The first kappa shape index (κ1) is 17.4. The second-order valence-electron chi connectivity index (χ2n) is 5.88. The number of methoxy groups -OCH3 is 1. The van der Waals surface area contributed by atoms with Gasteiger partial charge in [0.2, 0.25) is 0 Å². The normalized spacial score (nSPS) is 10.5. The van der Waals surface area contributed by atoms with Crippen LogP contribution in [-0.4, -0.2) is 33.3 Å². The molecule has 28 heavy (non-hydrogen) atoms. The van der Waals surface area contributed by atoms with Gasteiger partial charge in [-0.3, -0.25) is 0 Å². The highest BCUT2D eigenvalue weighted by atomic mass is 16.5. The monoisotopic (exact) mass is 372 g/mol. The third kappa shape index (κ3) is 3.45. The molecule has 0 atom stereocenters. The van der Waals surface area contributed by atoms with E-state index in [1.54, 1.807) is 12.1 Å². The Kier molecular flexibility index (Phi) is 4.79. The zero-order valence-corrected chi connectivity index (χ0v) is 15.0. The number of carbonyl (C=O) groups is 1. The van der Waals surface area contributed by atoms with E-state index in [2.05, 4.69) is 15.5 Å². The molecule has 0 aliphatic heterocycles. The highest BCUT2D eigenvalue weighted by Gasteiger charge is 2.17. The van der Waals surface area contributed by atoms with Gasteiger partial charge in [-0.15, -0.1) is 0 Å². The zero-order chi connectivity index (χ0) is 19.3. The van der Waals surface area contributed by atoms with Crippen LogP contribution in [0.15, 0.2) is 78.9 Å². The molecule has 0 N–H and O–H groups in total. The van der Waals surface area contributed by atoms with E-state index >= 15 is 0 Å². The molecule has 0 aliphatic rings. The maximum atomic E-state index is 12.3. The average Bonchev–Trinajstić information content (AvgIpc) is 3.22. The maximum absolute atomic E-state index is 12.3. The molecule has 0 fully saturated rings. The maximum Gasteiger partial charge on any atom is 0.345 e. The van der Waals surface area contributed by atoms with Crippen molar-refractivity contribution in [1.29, 1.82) is 0 Å². The molecule has 0 aliphatic carbocycles. The Balaban J connectivity index is 1.71. The van der Waals surface area contributed by atoms with E-state index in [1.165, 1.54) is 11.8 Å². The van der Waals surface area contributed by atoms with Crippen LogP contribution in [0.2, 0.25) is 0 Å². The summed E-state index contributed by atoms with van der Waals surface area (Å²) >= 11 is 0. The number of nitrogens with zero attached hydrogens (tertiary/aromatic N) is 4. The van der Waals surface area contributed by atoms with Gasteiger partial charge in [0.05, 0.1) is 18.4 Å². The SMILES string of the molecule is COC(=O)c1cc(Oc2nnnn2-c2ccccc2)ccc1-c1ccccc1. The first-order valence-corrected chi connectivity index (χ1v) is 8.55. The summed E-state index contributed by atoms with van der Waals surface area (Å²) in [4.78, 5) is 12.3. The Bertz CT molecular complexity index is 1100. The second kappa shape index (κ2) is 7.71. The number of ether oxygens (including phenoxy) is 2. The topological polar surface area (TPSA) is 79.1 Å². The number of benzene rings is 3. The Morgan fingerprint density at radius 3 is 2.36 bits per heavy atom. The van der Waals surface area contributed by atoms with Gasteiger partial charge in [0.1, 0.15) is 5.75 Å². The fraction of sp³-hybridized carbons (Fsp3) is 0.0476. The summed E-state index contributed by atoms with van der Waals surface area (Å²) in [5.41, 5.74) is 2.81. The molecule has 7 heteroatoms. The van der Waals surface area contributed by atoms with Crippen molar-refractivity contribution in [3.63, 3.8) is 0 Å². The summed E-state index contributed by atoms with van der Waals surface area (Å²) in [6.07, 6.45) is 0. The van der Waals surface area contributed by atoms with Crippen molar-refractivity contribution in [1.82, 2.24) is 20.2 Å². The first-order chi connectivity index (χ1) is 13.8. The van der Waals surface area contributed by atoms with Gasteiger partial charge in [0.25, 0.3) is 0 Å². The number of hydrogen-bond donors (Lipinski definition) is 0. The van der Waals surface area contributed by atoms with E-state index in [4.69, 9.17) is 9.47 Å². The summed E-state index contributed by atoms with van der Waals surface area (Å²) in [7, 11) is 1.35. The predicted octanol–water partition coefficient (Wildman–Crippen LogP) is 3.91. The number of carbonyl (C=O) groups excluding carboxylic acids is 1. The van der Waals surface area contributed by atoms with E-state index in [0.717, 1.165) is 16.8 Å². The molecule has 4 rings (SSSR count). The van der Waals surface area contributed by atoms with Crippen molar-refractivity contribution in [3.05, 3.63) is 84.4 Å². The van der Waals surface area contributed by atoms with Gasteiger partial charge in [-0.1, -0.05) is 53.6 Å². The molecule has 0 bridgehead atoms. The predicted molar refractivity (Wildman–Crippen MR) is 102 cm³/mol. The number of para-hydroxylation sites is 1. The Morgan fingerprint density at radius 2 is 1.64 bits per heavy atom. The molecule has 1 heterocycles. The minimum Gasteiger partial charge on any atom is -0.465 e. The molecular weight excluding hydrogens is 356 g/mol. The molecule has 0 saturated heterocycles.